The van der Waals surface area contributed by atoms with Crippen molar-refractivity contribution in [3.05, 3.63) is 11.1 Å². The fourth-order valence-electron chi connectivity index (χ4n) is 1.71. The molecule has 1 amide bonds. The molecule has 5 nitrogen and oxygen atoms in total. The van der Waals surface area contributed by atoms with Crippen molar-refractivity contribution in [1.29, 1.82) is 0 Å². The normalized spacial score (nSPS) is 24.6. The van der Waals surface area contributed by atoms with Gasteiger partial charge in [0.25, 0.3) is 0 Å². The van der Waals surface area contributed by atoms with Gasteiger partial charge in [-0.1, -0.05) is 0 Å². The van der Waals surface area contributed by atoms with Crippen LogP contribution in [-0.2, 0) is 16.0 Å². The lowest BCUT2D eigenvalue weighted by molar-refractivity contribution is -0.122. The molecular formula is C10H15N3O2S. The summed E-state index contributed by atoms with van der Waals surface area (Å²) in [6.07, 6.45) is 1.14. The SMILES string of the molecule is CC1(NC(=O)Cc2csc(N)n2)CCOC1. The third-order valence-electron chi connectivity index (χ3n) is 2.57. The Kier molecular flexibility index (Phi) is 3.11. The molecule has 0 radical (unpaired) electrons. The van der Waals surface area contributed by atoms with Gasteiger partial charge in [0.15, 0.2) is 5.13 Å². The fourth-order valence-corrected chi connectivity index (χ4v) is 2.28. The first-order valence-electron chi connectivity index (χ1n) is 5.16. The Hall–Kier alpha value is -1.14. The number of nitrogens with two attached hydrogens (primary N) is 1. The molecule has 1 unspecified atom stereocenters. The Labute approximate surface area is 98.0 Å². The van der Waals surface area contributed by atoms with E-state index in [0.29, 0.717) is 18.3 Å². The number of hydrogen-bond donors (Lipinski definition) is 2. The molecule has 0 aromatic carbocycles. The standard InChI is InChI=1S/C10H15N3O2S/c1-10(2-3-15-6-10)13-8(14)4-7-5-16-9(11)12-7/h5H,2-4,6H2,1H3,(H2,11,12)(H,13,14). The molecule has 1 atom stereocenters. The van der Waals surface area contributed by atoms with Crippen molar-refractivity contribution in [3.8, 4) is 0 Å². The number of thiazole rings is 1. The Balaban J connectivity index is 1.89. The summed E-state index contributed by atoms with van der Waals surface area (Å²) in [6.45, 7) is 3.28. The van der Waals surface area contributed by atoms with Crippen molar-refractivity contribution in [2.45, 2.75) is 25.3 Å². The summed E-state index contributed by atoms with van der Waals surface area (Å²) < 4.78 is 5.27. The molecule has 1 aliphatic heterocycles. The summed E-state index contributed by atoms with van der Waals surface area (Å²) in [7, 11) is 0. The molecule has 6 heteroatoms. The van der Waals surface area contributed by atoms with E-state index in [2.05, 4.69) is 10.3 Å². The number of nitrogen functional groups attached to an aromatic ring is 1. The number of nitrogens with zero attached hydrogens (tertiary/aromatic N) is 1. The maximum atomic E-state index is 11.7. The van der Waals surface area contributed by atoms with Crippen LogP contribution in [0.4, 0.5) is 5.13 Å². The van der Waals surface area contributed by atoms with Crippen LogP contribution in [0.5, 0.6) is 0 Å². The molecule has 16 heavy (non-hydrogen) atoms. The number of hydrogen-bond acceptors (Lipinski definition) is 5. The lowest BCUT2D eigenvalue weighted by atomic mass is 10.0. The molecule has 3 N–H and O–H groups in total. The first-order chi connectivity index (χ1) is 7.57. The number of ether oxygens (including phenoxy) is 1. The van der Waals surface area contributed by atoms with Gasteiger partial charge in [0.2, 0.25) is 5.91 Å². The van der Waals surface area contributed by atoms with E-state index in [0.717, 1.165) is 12.1 Å². The lowest BCUT2D eigenvalue weighted by Gasteiger charge is -2.23. The summed E-state index contributed by atoms with van der Waals surface area (Å²) in [5.41, 5.74) is 6.00. The molecule has 1 fully saturated rings. The maximum Gasteiger partial charge on any atom is 0.226 e. The molecule has 1 saturated heterocycles. The van der Waals surface area contributed by atoms with E-state index in [1.54, 1.807) is 0 Å². The molecule has 1 aromatic rings. The summed E-state index contributed by atoms with van der Waals surface area (Å²) in [4.78, 5) is 15.8. The maximum absolute atomic E-state index is 11.7. The third-order valence-corrected chi connectivity index (χ3v) is 3.29. The average molecular weight is 241 g/mol. The van der Waals surface area contributed by atoms with Crippen molar-refractivity contribution in [3.63, 3.8) is 0 Å². The zero-order valence-corrected chi connectivity index (χ0v) is 9.97. The Bertz CT molecular complexity index is 385. The van der Waals surface area contributed by atoms with Gasteiger partial charge in [0, 0.05) is 12.0 Å². The number of aromatic nitrogens is 1. The summed E-state index contributed by atoms with van der Waals surface area (Å²) in [5, 5.41) is 5.28. The zero-order chi connectivity index (χ0) is 11.6. The third kappa shape index (κ3) is 2.70. The van der Waals surface area contributed by atoms with Gasteiger partial charge in [-0.15, -0.1) is 11.3 Å². The van der Waals surface area contributed by atoms with E-state index in [1.165, 1.54) is 11.3 Å². The number of carbonyl (C=O) groups is 1. The van der Waals surface area contributed by atoms with E-state index < -0.39 is 0 Å². The van der Waals surface area contributed by atoms with E-state index >= 15 is 0 Å². The van der Waals surface area contributed by atoms with Gasteiger partial charge < -0.3 is 15.8 Å². The highest BCUT2D eigenvalue weighted by Gasteiger charge is 2.31. The molecule has 0 saturated carbocycles. The van der Waals surface area contributed by atoms with Crippen molar-refractivity contribution in [2.75, 3.05) is 18.9 Å². The van der Waals surface area contributed by atoms with E-state index in [-0.39, 0.29) is 17.9 Å². The van der Waals surface area contributed by atoms with Gasteiger partial charge >= 0.3 is 0 Å². The second-order valence-corrected chi connectivity index (χ2v) is 5.15. The molecule has 2 rings (SSSR count). The minimum absolute atomic E-state index is 0.0294. The van der Waals surface area contributed by atoms with Crippen LogP contribution in [0.3, 0.4) is 0 Å². The minimum atomic E-state index is -0.224. The molecule has 1 aliphatic rings. The summed E-state index contributed by atoms with van der Waals surface area (Å²) in [6, 6.07) is 0. The van der Waals surface area contributed by atoms with Crippen molar-refractivity contribution in [2.24, 2.45) is 0 Å². The summed E-state index contributed by atoms with van der Waals surface area (Å²) >= 11 is 1.35. The number of rotatable bonds is 3. The van der Waals surface area contributed by atoms with Crippen LogP contribution in [0.1, 0.15) is 19.0 Å². The molecule has 0 aliphatic carbocycles. The van der Waals surface area contributed by atoms with Gasteiger partial charge in [-0.2, -0.15) is 0 Å². The highest BCUT2D eigenvalue weighted by Crippen LogP contribution is 2.18. The second-order valence-electron chi connectivity index (χ2n) is 4.27. The first-order valence-corrected chi connectivity index (χ1v) is 6.04. The smallest absolute Gasteiger partial charge is 0.226 e. The molecular weight excluding hydrogens is 226 g/mol. The lowest BCUT2D eigenvalue weighted by Crippen LogP contribution is -2.47. The van der Waals surface area contributed by atoms with Crippen LogP contribution in [0.25, 0.3) is 0 Å². The highest BCUT2D eigenvalue weighted by atomic mass is 32.1. The monoisotopic (exact) mass is 241 g/mol. The summed E-state index contributed by atoms with van der Waals surface area (Å²) in [5.74, 6) is -0.0294. The number of nitrogens with one attached hydrogen (secondary N) is 1. The molecule has 1 aromatic heterocycles. The molecule has 2 heterocycles. The van der Waals surface area contributed by atoms with E-state index in [9.17, 15) is 4.79 Å². The predicted molar refractivity (Wildman–Crippen MR) is 62.2 cm³/mol. The highest BCUT2D eigenvalue weighted by molar-refractivity contribution is 7.13. The van der Waals surface area contributed by atoms with Crippen LogP contribution in [0, 0.1) is 0 Å². The van der Waals surface area contributed by atoms with E-state index in [1.807, 2.05) is 12.3 Å². The predicted octanol–water partition coefficient (Wildman–Crippen LogP) is 0.563. The average Bonchev–Trinajstić information content (AvgIpc) is 2.75. The van der Waals surface area contributed by atoms with Gasteiger partial charge in [-0.05, 0) is 13.3 Å². The van der Waals surface area contributed by atoms with Crippen molar-refractivity contribution >= 4 is 22.4 Å². The van der Waals surface area contributed by atoms with Crippen LogP contribution in [0.15, 0.2) is 5.38 Å². The minimum Gasteiger partial charge on any atom is -0.379 e. The van der Waals surface area contributed by atoms with Crippen molar-refractivity contribution < 1.29 is 9.53 Å². The van der Waals surface area contributed by atoms with Crippen LogP contribution >= 0.6 is 11.3 Å². The largest absolute Gasteiger partial charge is 0.379 e. The van der Waals surface area contributed by atoms with Crippen molar-refractivity contribution in [1.82, 2.24) is 10.3 Å². The van der Waals surface area contributed by atoms with Gasteiger partial charge in [-0.25, -0.2) is 4.98 Å². The van der Waals surface area contributed by atoms with E-state index in [4.69, 9.17) is 10.5 Å². The topological polar surface area (TPSA) is 77.2 Å². The van der Waals surface area contributed by atoms with Crippen LogP contribution in [0.2, 0.25) is 0 Å². The van der Waals surface area contributed by atoms with Gasteiger partial charge in [-0.3, -0.25) is 4.79 Å². The van der Waals surface area contributed by atoms with Gasteiger partial charge in [0.05, 0.1) is 24.3 Å². The Morgan fingerprint density at radius 2 is 2.62 bits per heavy atom. The number of anilines is 1. The first kappa shape index (κ1) is 11.3. The zero-order valence-electron chi connectivity index (χ0n) is 9.16. The Morgan fingerprint density at radius 1 is 1.81 bits per heavy atom. The van der Waals surface area contributed by atoms with Crippen LogP contribution in [-0.4, -0.2) is 29.6 Å². The van der Waals surface area contributed by atoms with Crippen LogP contribution < -0.4 is 11.1 Å². The molecule has 0 spiro atoms. The number of amides is 1. The number of carbonyl (C=O) groups excluding carboxylic acids is 1. The van der Waals surface area contributed by atoms with Gasteiger partial charge in [0.1, 0.15) is 0 Å². The molecule has 0 bridgehead atoms. The fraction of sp³-hybridized carbons (Fsp3) is 0.600. The Morgan fingerprint density at radius 3 is 3.19 bits per heavy atom. The second kappa shape index (κ2) is 4.39. The quantitative estimate of drug-likeness (QED) is 0.810. The molecule has 88 valence electrons.